The van der Waals surface area contributed by atoms with Gasteiger partial charge >= 0.3 is 0 Å². The van der Waals surface area contributed by atoms with Crippen LogP contribution in [0.5, 0.6) is 0 Å². The van der Waals surface area contributed by atoms with E-state index in [2.05, 4.69) is 22.1 Å². The fourth-order valence-electron chi connectivity index (χ4n) is 2.48. The van der Waals surface area contributed by atoms with Gasteiger partial charge in [-0.15, -0.1) is 0 Å². The lowest BCUT2D eigenvalue weighted by Crippen LogP contribution is -2.27. The number of nitrogens with zero attached hydrogens (tertiary/aromatic N) is 2. The van der Waals surface area contributed by atoms with Crippen LogP contribution in [0.1, 0.15) is 24.7 Å². The van der Waals surface area contributed by atoms with Gasteiger partial charge in [0.2, 0.25) is 10.0 Å². The summed E-state index contributed by atoms with van der Waals surface area (Å²) in [6.07, 6.45) is 1.11. The van der Waals surface area contributed by atoms with Crippen molar-refractivity contribution in [1.29, 1.82) is 0 Å². The normalized spacial score (nSPS) is 22.2. The van der Waals surface area contributed by atoms with Gasteiger partial charge in [-0.3, -0.25) is 4.68 Å². The molecule has 0 aromatic carbocycles. The molecular formula is C13H24N4O2S. The Morgan fingerprint density at radius 3 is 2.60 bits per heavy atom. The van der Waals surface area contributed by atoms with Gasteiger partial charge in [-0.25, -0.2) is 13.1 Å². The summed E-state index contributed by atoms with van der Waals surface area (Å²) in [6.45, 7) is 7.66. The summed E-state index contributed by atoms with van der Waals surface area (Å²) in [4.78, 5) is 0.335. The number of rotatable bonds is 7. The van der Waals surface area contributed by atoms with Crippen LogP contribution in [0.15, 0.2) is 4.90 Å². The lowest BCUT2D eigenvalue weighted by atomic mass is 10.3. The first-order valence-corrected chi connectivity index (χ1v) is 8.53. The molecule has 1 heterocycles. The Hall–Kier alpha value is -0.920. The van der Waals surface area contributed by atoms with Crippen LogP contribution in [0, 0.1) is 25.7 Å². The molecule has 0 amide bonds. The summed E-state index contributed by atoms with van der Waals surface area (Å²) in [6, 6.07) is 0. The SMILES string of the molecule is CNCCn1nc(C)c(S(=O)(=O)NCC2CC2C)c1C. The van der Waals surface area contributed by atoms with Gasteiger partial charge in [0.1, 0.15) is 4.90 Å². The summed E-state index contributed by atoms with van der Waals surface area (Å²) >= 11 is 0. The molecule has 1 aliphatic rings. The molecule has 0 saturated heterocycles. The van der Waals surface area contributed by atoms with E-state index in [1.807, 2.05) is 14.0 Å². The van der Waals surface area contributed by atoms with Crippen LogP contribution in [-0.4, -0.2) is 38.3 Å². The van der Waals surface area contributed by atoms with E-state index in [0.717, 1.165) is 13.0 Å². The fraction of sp³-hybridized carbons (Fsp3) is 0.769. The molecule has 2 N–H and O–H groups in total. The Morgan fingerprint density at radius 2 is 2.05 bits per heavy atom. The molecule has 1 aliphatic carbocycles. The van der Waals surface area contributed by atoms with Gasteiger partial charge < -0.3 is 5.32 Å². The van der Waals surface area contributed by atoms with Crippen LogP contribution >= 0.6 is 0 Å². The van der Waals surface area contributed by atoms with E-state index in [1.165, 1.54) is 0 Å². The molecule has 2 atom stereocenters. The average Bonchev–Trinajstić information content (AvgIpc) is 2.99. The van der Waals surface area contributed by atoms with Gasteiger partial charge in [0, 0.05) is 13.1 Å². The van der Waals surface area contributed by atoms with Crippen LogP contribution in [0.25, 0.3) is 0 Å². The zero-order valence-electron chi connectivity index (χ0n) is 12.6. The maximum atomic E-state index is 12.4. The molecule has 0 spiro atoms. The highest BCUT2D eigenvalue weighted by atomic mass is 32.2. The Bertz CT molecular complexity index is 579. The third kappa shape index (κ3) is 3.21. The topological polar surface area (TPSA) is 76.0 Å². The first-order chi connectivity index (χ1) is 9.36. The molecule has 7 heteroatoms. The summed E-state index contributed by atoms with van der Waals surface area (Å²) in [5.41, 5.74) is 1.27. The number of hydrogen-bond acceptors (Lipinski definition) is 4. The monoisotopic (exact) mass is 300 g/mol. The molecule has 20 heavy (non-hydrogen) atoms. The number of nitrogens with one attached hydrogen (secondary N) is 2. The first kappa shape index (κ1) is 15.5. The van der Waals surface area contributed by atoms with E-state index in [4.69, 9.17) is 0 Å². The van der Waals surface area contributed by atoms with Crippen molar-refractivity contribution in [2.45, 2.75) is 38.6 Å². The van der Waals surface area contributed by atoms with Gasteiger partial charge in [-0.05, 0) is 39.2 Å². The molecule has 2 rings (SSSR count). The van der Waals surface area contributed by atoms with Crippen LogP contribution in [0.3, 0.4) is 0 Å². The van der Waals surface area contributed by atoms with Gasteiger partial charge in [0.25, 0.3) is 0 Å². The Labute approximate surface area is 121 Å². The second-order valence-corrected chi connectivity index (χ2v) is 7.36. The number of aryl methyl sites for hydroxylation is 1. The first-order valence-electron chi connectivity index (χ1n) is 7.05. The van der Waals surface area contributed by atoms with E-state index in [0.29, 0.717) is 41.2 Å². The van der Waals surface area contributed by atoms with Gasteiger partial charge in [0.05, 0.1) is 17.9 Å². The van der Waals surface area contributed by atoms with Gasteiger partial charge in [0.15, 0.2) is 0 Å². The molecule has 6 nitrogen and oxygen atoms in total. The van der Waals surface area contributed by atoms with Crippen molar-refractivity contribution in [3.63, 3.8) is 0 Å². The second kappa shape index (κ2) is 5.83. The van der Waals surface area contributed by atoms with Crippen molar-refractivity contribution in [2.75, 3.05) is 20.1 Å². The van der Waals surface area contributed by atoms with Crippen molar-refractivity contribution < 1.29 is 8.42 Å². The van der Waals surface area contributed by atoms with Crippen molar-refractivity contribution >= 4 is 10.0 Å². The summed E-state index contributed by atoms with van der Waals surface area (Å²) < 4.78 is 29.3. The van der Waals surface area contributed by atoms with E-state index in [1.54, 1.807) is 11.6 Å². The van der Waals surface area contributed by atoms with Crippen LogP contribution in [0.4, 0.5) is 0 Å². The molecule has 1 aromatic rings. The van der Waals surface area contributed by atoms with Gasteiger partial charge in [-0.1, -0.05) is 6.92 Å². The van der Waals surface area contributed by atoms with Crippen LogP contribution in [0.2, 0.25) is 0 Å². The maximum absolute atomic E-state index is 12.4. The standard InChI is InChI=1S/C13H24N4O2S/c1-9-7-12(9)8-15-20(18,19)13-10(2)16-17(11(13)3)6-5-14-4/h9,12,14-15H,5-8H2,1-4H3. The fourth-order valence-corrected chi connectivity index (χ4v) is 3.98. The highest BCUT2D eigenvalue weighted by Crippen LogP contribution is 2.37. The minimum Gasteiger partial charge on any atom is -0.318 e. The Balaban J connectivity index is 2.15. The van der Waals surface area contributed by atoms with Crippen molar-refractivity contribution in [3.8, 4) is 0 Å². The number of sulfonamides is 1. The lowest BCUT2D eigenvalue weighted by Gasteiger charge is -2.07. The summed E-state index contributed by atoms with van der Waals surface area (Å²) in [5.74, 6) is 1.13. The highest BCUT2D eigenvalue weighted by molar-refractivity contribution is 7.89. The number of hydrogen-bond donors (Lipinski definition) is 2. The molecule has 1 fully saturated rings. The van der Waals surface area contributed by atoms with Crippen molar-refractivity contribution in [2.24, 2.45) is 11.8 Å². The van der Waals surface area contributed by atoms with Crippen LogP contribution in [-0.2, 0) is 16.6 Å². The number of likely N-dealkylation sites (N-methyl/N-ethyl adjacent to an activating group) is 1. The maximum Gasteiger partial charge on any atom is 0.244 e. The molecule has 0 radical (unpaired) electrons. The molecule has 1 saturated carbocycles. The Morgan fingerprint density at radius 1 is 1.40 bits per heavy atom. The molecule has 2 unspecified atom stereocenters. The van der Waals surface area contributed by atoms with Crippen molar-refractivity contribution in [1.82, 2.24) is 19.8 Å². The highest BCUT2D eigenvalue weighted by Gasteiger charge is 2.34. The summed E-state index contributed by atoms with van der Waals surface area (Å²) in [7, 11) is -1.60. The Kier molecular flexibility index (Phi) is 4.51. The van der Waals surface area contributed by atoms with E-state index in [9.17, 15) is 8.42 Å². The smallest absolute Gasteiger partial charge is 0.244 e. The molecule has 1 aromatic heterocycles. The van der Waals surface area contributed by atoms with E-state index < -0.39 is 10.0 Å². The third-order valence-corrected chi connectivity index (χ3v) is 5.64. The predicted octanol–water partition coefficient (Wildman–Crippen LogP) is 0.654. The van der Waals surface area contributed by atoms with E-state index >= 15 is 0 Å². The number of aromatic nitrogens is 2. The summed E-state index contributed by atoms with van der Waals surface area (Å²) in [5, 5.41) is 7.37. The predicted molar refractivity (Wildman–Crippen MR) is 78.1 cm³/mol. The van der Waals surface area contributed by atoms with Crippen LogP contribution < -0.4 is 10.0 Å². The zero-order chi connectivity index (χ0) is 14.9. The van der Waals surface area contributed by atoms with Crippen molar-refractivity contribution in [3.05, 3.63) is 11.4 Å². The quantitative estimate of drug-likeness (QED) is 0.775. The minimum atomic E-state index is -3.46. The minimum absolute atomic E-state index is 0.335. The largest absolute Gasteiger partial charge is 0.318 e. The average molecular weight is 300 g/mol. The second-order valence-electron chi connectivity index (χ2n) is 5.65. The molecule has 0 bridgehead atoms. The zero-order valence-corrected chi connectivity index (χ0v) is 13.4. The third-order valence-electron chi connectivity index (χ3n) is 3.97. The molecule has 114 valence electrons. The molecular weight excluding hydrogens is 276 g/mol. The van der Waals surface area contributed by atoms with E-state index in [-0.39, 0.29) is 0 Å². The lowest BCUT2D eigenvalue weighted by molar-refractivity contribution is 0.562. The van der Waals surface area contributed by atoms with Gasteiger partial charge in [-0.2, -0.15) is 5.10 Å². The molecule has 0 aliphatic heterocycles.